The highest BCUT2D eigenvalue weighted by Crippen LogP contribution is 2.31. The number of methoxy groups -OCH3 is 2. The van der Waals surface area contributed by atoms with E-state index in [0.717, 1.165) is 31.3 Å². The van der Waals surface area contributed by atoms with Crippen LogP contribution in [0.25, 0.3) is 0 Å². The molecule has 0 heterocycles. The predicted octanol–water partition coefficient (Wildman–Crippen LogP) is 7.64. The van der Waals surface area contributed by atoms with E-state index >= 15 is 0 Å². The van der Waals surface area contributed by atoms with E-state index in [1.165, 1.54) is 30.3 Å². The summed E-state index contributed by atoms with van der Waals surface area (Å²) in [6.07, 6.45) is 10.0. The number of nitrogens with zero attached hydrogens (tertiary/aromatic N) is 1. The van der Waals surface area contributed by atoms with Crippen LogP contribution in [0, 0.1) is 0 Å². The van der Waals surface area contributed by atoms with Crippen LogP contribution in [0.15, 0.2) is 53.1 Å². The Kier molecular flexibility index (Phi) is 12.3. The zero-order chi connectivity index (χ0) is 26.6. The largest absolute Gasteiger partial charge is 0.495 e. The van der Waals surface area contributed by atoms with Crippen LogP contribution < -0.4 is 9.64 Å². The zero-order valence-electron chi connectivity index (χ0n) is 23.0. The van der Waals surface area contributed by atoms with Gasteiger partial charge in [-0.25, -0.2) is 9.59 Å². The third-order valence-corrected chi connectivity index (χ3v) is 5.25. The fourth-order valence-electron chi connectivity index (χ4n) is 3.32. The highest BCUT2D eigenvalue weighted by atomic mass is 16.6. The Hall–Kier alpha value is -3.02. The molecule has 0 fully saturated rings. The van der Waals surface area contributed by atoms with Crippen LogP contribution in [0.2, 0.25) is 0 Å². The summed E-state index contributed by atoms with van der Waals surface area (Å²) in [5, 5.41) is 0. The number of ether oxygens (including phenoxy) is 3. The number of rotatable bonds is 11. The number of allylic oxidation sites excluding steroid dienone is 5. The van der Waals surface area contributed by atoms with Crippen molar-refractivity contribution in [1.29, 1.82) is 0 Å². The van der Waals surface area contributed by atoms with Crippen LogP contribution in [0.3, 0.4) is 0 Å². The quantitative estimate of drug-likeness (QED) is 0.238. The second kappa shape index (κ2) is 14.4. The lowest BCUT2D eigenvalue weighted by Crippen LogP contribution is -2.37. The van der Waals surface area contributed by atoms with Crippen molar-refractivity contribution in [2.45, 2.75) is 79.8 Å². The molecule has 0 aliphatic heterocycles. The summed E-state index contributed by atoms with van der Waals surface area (Å²) in [7, 11) is 2.85. The van der Waals surface area contributed by atoms with Gasteiger partial charge in [-0.1, -0.05) is 34.9 Å². The molecule has 0 atom stereocenters. The van der Waals surface area contributed by atoms with Crippen molar-refractivity contribution in [2.24, 2.45) is 0 Å². The van der Waals surface area contributed by atoms with Crippen molar-refractivity contribution < 1.29 is 23.8 Å². The third kappa shape index (κ3) is 11.3. The molecule has 35 heavy (non-hydrogen) atoms. The molecule has 0 saturated heterocycles. The Balaban J connectivity index is 3.09. The molecule has 1 amide bonds. The molecular formula is C29H43NO5. The first-order valence-electron chi connectivity index (χ1n) is 12.1. The van der Waals surface area contributed by atoms with Gasteiger partial charge in [0.25, 0.3) is 0 Å². The second-order valence-corrected chi connectivity index (χ2v) is 9.93. The molecule has 0 aromatic heterocycles. The van der Waals surface area contributed by atoms with Gasteiger partial charge >= 0.3 is 12.1 Å². The summed E-state index contributed by atoms with van der Waals surface area (Å²) >= 11 is 0. The van der Waals surface area contributed by atoms with E-state index in [1.54, 1.807) is 18.2 Å². The highest BCUT2D eigenvalue weighted by Gasteiger charge is 2.26. The van der Waals surface area contributed by atoms with Crippen molar-refractivity contribution in [3.63, 3.8) is 0 Å². The number of benzene rings is 1. The number of anilines is 1. The van der Waals surface area contributed by atoms with Crippen LogP contribution in [0.5, 0.6) is 5.75 Å². The van der Waals surface area contributed by atoms with Gasteiger partial charge in [-0.15, -0.1) is 0 Å². The number of hydrogen-bond donors (Lipinski definition) is 0. The second-order valence-electron chi connectivity index (χ2n) is 9.93. The van der Waals surface area contributed by atoms with Gasteiger partial charge in [0, 0.05) is 6.54 Å². The third-order valence-electron chi connectivity index (χ3n) is 5.25. The SMILES string of the molecule is COC(=O)c1ccc(OC)c(N(C/C=C(\C)CC/C=C(\C)CCC=C(C)C)C(=O)OC(C)(C)C)c1. The van der Waals surface area contributed by atoms with Gasteiger partial charge in [-0.2, -0.15) is 0 Å². The lowest BCUT2D eigenvalue weighted by Gasteiger charge is -2.28. The van der Waals surface area contributed by atoms with Gasteiger partial charge < -0.3 is 14.2 Å². The van der Waals surface area contributed by atoms with Crippen LogP contribution in [0.4, 0.5) is 10.5 Å². The average molecular weight is 486 g/mol. The molecule has 1 rings (SSSR count). The molecule has 0 saturated carbocycles. The van der Waals surface area contributed by atoms with E-state index in [-0.39, 0.29) is 6.54 Å². The Morgan fingerprint density at radius 2 is 1.51 bits per heavy atom. The Bertz CT molecular complexity index is 946. The molecule has 0 spiro atoms. The molecule has 6 heteroatoms. The molecular weight excluding hydrogens is 442 g/mol. The van der Waals surface area contributed by atoms with Gasteiger partial charge in [0.15, 0.2) is 0 Å². The molecule has 6 nitrogen and oxygen atoms in total. The summed E-state index contributed by atoms with van der Waals surface area (Å²) in [6, 6.07) is 4.85. The van der Waals surface area contributed by atoms with Crippen molar-refractivity contribution in [2.75, 3.05) is 25.7 Å². The summed E-state index contributed by atoms with van der Waals surface area (Å²) < 4.78 is 16.0. The maximum Gasteiger partial charge on any atom is 0.415 e. The summed E-state index contributed by atoms with van der Waals surface area (Å²) in [4.78, 5) is 26.7. The lowest BCUT2D eigenvalue weighted by molar-refractivity contribution is 0.0575. The van der Waals surface area contributed by atoms with Crippen LogP contribution >= 0.6 is 0 Å². The minimum absolute atomic E-state index is 0.283. The maximum absolute atomic E-state index is 13.1. The van der Waals surface area contributed by atoms with Crippen LogP contribution in [0.1, 0.15) is 84.5 Å². The van der Waals surface area contributed by atoms with Crippen molar-refractivity contribution in [3.05, 3.63) is 58.7 Å². The summed E-state index contributed by atoms with van der Waals surface area (Å²) in [5.41, 5.74) is 4.00. The van der Waals surface area contributed by atoms with Gasteiger partial charge in [0.2, 0.25) is 0 Å². The summed E-state index contributed by atoms with van der Waals surface area (Å²) in [5.74, 6) is -0.0269. The molecule has 0 bridgehead atoms. The fourth-order valence-corrected chi connectivity index (χ4v) is 3.32. The number of amides is 1. The number of carbonyl (C=O) groups is 2. The van der Waals surface area contributed by atoms with E-state index in [4.69, 9.17) is 14.2 Å². The van der Waals surface area contributed by atoms with E-state index in [0.29, 0.717) is 17.0 Å². The molecule has 0 aliphatic carbocycles. The van der Waals surface area contributed by atoms with Crippen molar-refractivity contribution >= 4 is 17.7 Å². The molecule has 1 aromatic carbocycles. The molecule has 194 valence electrons. The number of hydrogen-bond acceptors (Lipinski definition) is 5. The first kappa shape index (κ1) is 30.0. The zero-order valence-corrected chi connectivity index (χ0v) is 23.0. The smallest absolute Gasteiger partial charge is 0.415 e. The van der Waals surface area contributed by atoms with Crippen molar-refractivity contribution in [3.8, 4) is 5.75 Å². The maximum atomic E-state index is 13.1. The minimum atomic E-state index is -0.672. The van der Waals surface area contributed by atoms with E-state index in [9.17, 15) is 9.59 Å². The number of carbonyl (C=O) groups excluding carboxylic acids is 2. The predicted molar refractivity (Wildman–Crippen MR) is 143 cm³/mol. The van der Waals surface area contributed by atoms with Gasteiger partial charge in [0.05, 0.1) is 25.5 Å². The van der Waals surface area contributed by atoms with E-state index < -0.39 is 17.7 Å². The normalized spacial score (nSPS) is 12.1. The molecule has 0 unspecified atom stereocenters. The first-order valence-corrected chi connectivity index (χ1v) is 12.1. The minimum Gasteiger partial charge on any atom is -0.495 e. The monoisotopic (exact) mass is 485 g/mol. The van der Waals surface area contributed by atoms with E-state index in [2.05, 4.69) is 39.8 Å². The summed E-state index contributed by atoms with van der Waals surface area (Å²) in [6.45, 7) is 14.2. The molecule has 0 aliphatic rings. The van der Waals surface area contributed by atoms with Gasteiger partial charge in [0.1, 0.15) is 11.4 Å². The first-order chi connectivity index (χ1) is 16.4. The van der Waals surface area contributed by atoms with Gasteiger partial charge in [-0.3, -0.25) is 4.90 Å². The average Bonchev–Trinajstić information content (AvgIpc) is 2.77. The standard InChI is InChI=1S/C29H43NO5/c1-21(2)12-10-13-22(3)14-11-15-23(4)18-19-30(28(32)35-29(5,6)7)25-20-24(27(31)34-9)16-17-26(25)33-8/h12,14,16-18,20H,10-11,13,15,19H2,1-9H3/b22-14+,23-18+. The molecule has 0 N–H and O–H groups in total. The van der Waals surface area contributed by atoms with Gasteiger partial charge in [-0.05, 0) is 92.3 Å². The Labute approximate surface area is 211 Å². The van der Waals surface area contributed by atoms with E-state index in [1.807, 2.05) is 26.8 Å². The fraction of sp³-hybridized carbons (Fsp3) is 0.517. The highest BCUT2D eigenvalue weighted by molar-refractivity contribution is 5.95. The molecule has 0 radical (unpaired) electrons. The number of esters is 1. The van der Waals surface area contributed by atoms with Crippen LogP contribution in [-0.4, -0.2) is 38.4 Å². The Morgan fingerprint density at radius 3 is 2.06 bits per heavy atom. The van der Waals surface area contributed by atoms with Crippen LogP contribution in [-0.2, 0) is 9.47 Å². The lowest BCUT2D eigenvalue weighted by atomic mass is 10.1. The topological polar surface area (TPSA) is 65.1 Å². The van der Waals surface area contributed by atoms with Crippen molar-refractivity contribution in [1.82, 2.24) is 0 Å². The Morgan fingerprint density at radius 1 is 0.914 bits per heavy atom. The molecule has 1 aromatic rings.